The summed E-state index contributed by atoms with van der Waals surface area (Å²) in [5.41, 5.74) is 1.13. The Hall–Kier alpha value is -1.26. The first kappa shape index (κ1) is 14.8. The quantitative estimate of drug-likeness (QED) is 0.658. The van der Waals surface area contributed by atoms with Gasteiger partial charge in [-0.2, -0.15) is 0 Å². The van der Waals surface area contributed by atoms with Crippen LogP contribution in [0.4, 0.5) is 0 Å². The zero-order chi connectivity index (χ0) is 13.2. The van der Waals surface area contributed by atoms with Gasteiger partial charge in [0.15, 0.2) is 11.5 Å². The molecule has 0 amide bonds. The SMILES string of the molecule is CCNCCCNCc1cccc(OC)c1OC. The zero-order valence-electron chi connectivity index (χ0n) is 11.6. The van der Waals surface area contributed by atoms with Gasteiger partial charge in [-0.15, -0.1) is 0 Å². The number of rotatable bonds is 9. The van der Waals surface area contributed by atoms with Crippen molar-refractivity contribution in [2.75, 3.05) is 33.9 Å². The largest absolute Gasteiger partial charge is 0.493 e. The minimum atomic E-state index is 0.782. The van der Waals surface area contributed by atoms with Crippen molar-refractivity contribution < 1.29 is 9.47 Å². The number of ether oxygens (including phenoxy) is 2. The number of hydrogen-bond acceptors (Lipinski definition) is 4. The third-order valence-electron chi connectivity index (χ3n) is 2.76. The second-order valence-corrected chi connectivity index (χ2v) is 4.04. The van der Waals surface area contributed by atoms with Crippen LogP contribution < -0.4 is 20.1 Å². The first-order valence-corrected chi connectivity index (χ1v) is 6.44. The molecule has 1 aromatic carbocycles. The minimum absolute atomic E-state index is 0.782. The summed E-state index contributed by atoms with van der Waals surface area (Å²) in [6.45, 7) is 6.00. The standard InChI is InChI=1S/C14H24N2O2/c1-4-15-9-6-10-16-11-12-7-5-8-13(17-2)14(12)18-3/h5,7-8,15-16H,4,6,9-11H2,1-3H3. The zero-order valence-corrected chi connectivity index (χ0v) is 11.6. The van der Waals surface area contributed by atoms with Crippen LogP contribution in [0.2, 0.25) is 0 Å². The molecule has 2 N–H and O–H groups in total. The summed E-state index contributed by atoms with van der Waals surface area (Å²) < 4.78 is 10.7. The maximum atomic E-state index is 5.39. The van der Waals surface area contributed by atoms with Gasteiger partial charge in [0.25, 0.3) is 0 Å². The van der Waals surface area contributed by atoms with Gasteiger partial charge in [0.05, 0.1) is 14.2 Å². The Morgan fingerprint density at radius 2 is 1.83 bits per heavy atom. The normalized spacial score (nSPS) is 10.4. The van der Waals surface area contributed by atoms with Crippen LogP contribution in [-0.2, 0) is 6.54 Å². The molecular weight excluding hydrogens is 228 g/mol. The molecular formula is C14H24N2O2. The molecule has 1 rings (SSSR count). The highest BCUT2D eigenvalue weighted by Gasteiger charge is 2.08. The number of methoxy groups -OCH3 is 2. The average molecular weight is 252 g/mol. The summed E-state index contributed by atoms with van der Waals surface area (Å²) >= 11 is 0. The van der Waals surface area contributed by atoms with Gasteiger partial charge < -0.3 is 20.1 Å². The fourth-order valence-electron chi connectivity index (χ4n) is 1.83. The predicted molar refractivity (Wildman–Crippen MR) is 74.4 cm³/mol. The van der Waals surface area contributed by atoms with Crippen molar-refractivity contribution in [3.05, 3.63) is 23.8 Å². The molecule has 0 radical (unpaired) electrons. The Labute approximate surface area is 110 Å². The maximum Gasteiger partial charge on any atom is 0.165 e. The maximum absolute atomic E-state index is 5.39. The molecule has 0 aliphatic heterocycles. The van der Waals surface area contributed by atoms with Crippen LogP contribution in [0, 0.1) is 0 Å². The second-order valence-electron chi connectivity index (χ2n) is 4.04. The molecule has 102 valence electrons. The van der Waals surface area contributed by atoms with Crippen molar-refractivity contribution in [3.8, 4) is 11.5 Å². The molecule has 0 saturated carbocycles. The Bertz CT molecular complexity index is 343. The first-order chi connectivity index (χ1) is 8.83. The van der Waals surface area contributed by atoms with E-state index in [1.807, 2.05) is 12.1 Å². The molecule has 1 aromatic rings. The predicted octanol–water partition coefficient (Wildman–Crippen LogP) is 1.79. The Kier molecular flexibility index (Phi) is 7.22. The molecule has 4 nitrogen and oxygen atoms in total. The summed E-state index contributed by atoms with van der Waals surface area (Å²) in [6, 6.07) is 5.95. The van der Waals surface area contributed by atoms with E-state index in [2.05, 4.69) is 23.6 Å². The Morgan fingerprint density at radius 1 is 1.06 bits per heavy atom. The highest BCUT2D eigenvalue weighted by molar-refractivity contribution is 5.46. The van der Waals surface area contributed by atoms with Crippen LogP contribution in [0.1, 0.15) is 18.9 Å². The molecule has 0 spiro atoms. The molecule has 0 atom stereocenters. The van der Waals surface area contributed by atoms with Gasteiger partial charge in [-0.1, -0.05) is 19.1 Å². The molecule has 0 heterocycles. The van der Waals surface area contributed by atoms with Crippen LogP contribution >= 0.6 is 0 Å². The van der Waals surface area contributed by atoms with Crippen molar-refractivity contribution in [1.82, 2.24) is 10.6 Å². The highest BCUT2D eigenvalue weighted by Crippen LogP contribution is 2.30. The first-order valence-electron chi connectivity index (χ1n) is 6.44. The fraction of sp³-hybridized carbons (Fsp3) is 0.571. The van der Waals surface area contributed by atoms with Crippen molar-refractivity contribution in [2.45, 2.75) is 19.9 Å². The second kappa shape index (κ2) is 8.78. The number of benzene rings is 1. The molecule has 0 aliphatic carbocycles. The van der Waals surface area contributed by atoms with Gasteiger partial charge in [0.1, 0.15) is 0 Å². The van der Waals surface area contributed by atoms with E-state index in [0.717, 1.165) is 49.7 Å². The van der Waals surface area contributed by atoms with Crippen LogP contribution in [0.5, 0.6) is 11.5 Å². The monoisotopic (exact) mass is 252 g/mol. The van der Waals surface area contributed by atoms with E-state index >= 15 is 0 Å². The molecule has 0 unspecified atom stereocenters. The van der Waals surface area contributed by atoms with Gasteiger partial charge >= 0.3 is 0 Å². The smallest absolute Gasteiger partial charge is 0.165 e. The summed E-state index contributed by atoms with van der Waals surface area (Å²) in [5.74, 6) is 1.60. The van der Waals surface area contributed by atoms with Crippen molar-refractivity contribution >= 4 is 0 Å². The van der Waals surface area contributed by atoms with E-state index in [-0.39, 0.29) is 0 Å². The summed E-state index contributed by atoms with van der Waals surface area (Å²) in [6.07, 6.45) is 1.13. The minimum Gasteiger partial charge on any atom is -0.493 e. The fourth-order valence-corrected chi connectivity index (χ4v) is 1.83. The Morgan fingerprint density at radius 3 is 2.50 bits per heavy atom. The lowest BCUT2D eigenvalue weighted by atomic mass is 10.2. The topological polar surface area (TPSA) is 42.5 Å². The van der Waals surface area contributed by atoms with Crippen molar-refractivity contribution in [1.29, 1.82) is 0 Å². The van der Waals surface area contributed by atoms with E-state index in [1.54, 1.807) is 14.2 Å². The molecule has 0 aliphatic rings. The number of para-hydroxylation sites is 1. The van der Waals surface area contributed by atoms with Crippen LogP contribution in [0.15, 0.2) is 18.2 Å². The van der Waals surface area contributed by atoms with E-state index in [0.29, 0.717) is 0 Å². The van der Waals surface area contributed by atoms with Gasteiger partial charge in [0.2, 0.25) is 0 Å². The highest BCUT2D eigenvalue weighted by atomic mass is 16.5. The summed E-state index contributed by atoms with van der Waals surface area (Å²) in [4.78, 5) is 0. The average Bonchev–Trinajstić information content (AvgIpc) is 2.42. The van der Waals surface area contributed by atoms with Gasteiger partial charge in [-0.05, 0) is 32.1 Å². The van der Waals surface area contributed by atoms with E-state index in [4.69, 9.17) is 9.47 Å². The lowest BCUT2D eigenvalue weighted by Gasteiger charge is -2.13. The molecule has 0 aromatic heterocycles. The molecule has 0 saturated heterocycles. The van der Waals surface area contributed by atoms with Crippen LogP contribution in [0.3, 0.4) is 0 Å². The lowest BCUT2D eigenvalue weighted by molar-refractivity contribution is 0.350. The number of nitrogens with one attached hydrogen (secondary N) is 2. The van der Waals surface area contributed by atoms with Crippen molar-refractivity contribution in [2.24, 2.45) is 0 Å². The molecule has 4 heteroatoms. The third kappa shape index (κ3) is 4.55. The molecule has 18 heavy (non-hydrogen) atoms. The molecule has 0 fully saturated rings. The summed E-state index contributed by atoms with van der Waals surface area (Å²) in [5, 5.41) is 6.71. The van der Waals surface area contributed by atoms with E-state index in [1.165, 1.54) is 0 Å². The van der Waals surface area contributed by atoms with E-state index in [9.17, 15) is 0 Å². The summed E-state index contributed by atoms with van der Waals surface area (Å²) in [7, 11) is 3.33. The van der Waals surface area contributed by atoms with Gasteiger partial charge in [0, 0.05) is 12.1 Å². The lowest BCUT2D eigenvalue weighted by Crippen LogP contribution is -2.21. The van der Waals surface area contributed by atoms with Crippen LogP contribution in [0.25, 0.3) is 0 Å². The van der Waals surface area contributed by atoms with Crippen LogP contribution in [-0.4, -0.2) is 33.9 Å². The van der Waals surface area contributed by atoms with Gasteiger partial charge in [-0.3, -0.25) is 0 Å². The van der Waals surface area contributed by atoms with E-state index < -0.39 is 0 Å². The third-order valence-corrected chi connectivity index (χ3v) is 2.76. The van der Waals surface area contributed by atoms with Gasteiger partial charge in [-0.25, -0.2) is 0 Å². The number of hydrogen-bond donors (Lipinski definition) is 2. The Balaban J connectivity index is 2.41. The van der Waals surface area contributed by atoms with Crippen molar-refractivity contribution in [3.63, 3.8) is 0 Å². The molecule has 0 bridgehead atoms.